The molecular formula is C12H17ClFNO. The first-order valence-electron chi connectivity index (χ1n) is 5.21. The molecule has 0 saturated carbocycles. The van der Waals surface area contributed by atoms with Crippen molar-refractivity contribution < 1.29 is 9.13 Å². The first-order chi connectivity index (χ1) is 7.37. The third-order valence-corrected chi connectivity index (χ3v) is 2.05. The second-order valence-corrected chi connectivity index (χ2v) is 4.98. The van der Waals surface area contributed by atoms with Crippen LogP contribution in [0.1, 0.15) is 20.8 Å². The molecule has 1 N–H and O–H groups in total. The largest absolute Gasteiger partial charge is 0.383 e. The predicted octanol–water partition coefficient (Wildman–Crippen LogP) is 3.71. The van der Waals surface area contributed by atoms with Gasteiger partial charge >= 0.3 is 0 Å². The monoisotopic (exact) mass is 245 g/mol. The summed E-state index contributed by atoms with van der Waals surface area (Å²) in [5, 5.41) is 3.44. The molecular weight excluding hydrogens is 229 g/mol. The van der Waals surface area contributed by atoms with Crippen molar-refractivity contribution in [2.75, 3.05) is 18.5 Å². The number of halogens is 2. The average Bonchev–Trinajstić information content (AvgIpc) is 2.09. The van der Waals surface area contributed by atoms with Crippen LogP contribution in [0.4, 0.5) is 10.1 Å². The van der Waals surface area contributed by atoms with E-state index in [-0.39, 0.29) is 11.4 Å². The van der Waals surface area contributed by atoms with Gasteiger partial charge in [-0.2, -0.15) is 0 Å². The van der Waals surface area contributed by atoms with Gasteiger partial charge in [-0.15, -0.1) is 0 Å². The summed E-state index contributed by atoms with van der Waals surface area (Å²) in [4.78, 5) is 0. The number of nitrogens with one attached hydrogen (secondary N) is 1. The van der Waals surface area contributed by atoms with Crippen LogP contribution in [0.3, 0.4) is 0 Å². The smallest absolute Gasteiger partial charge is 0.126 e. The maximum atomic E-state index is 13.0. The highest BCUT2D eigenvalue weighted by Gasteiger charge is 2.08. The van der Waals surface area contributed by atoms with E-state index >= 15 is 0 Å². The van der Waals surface area contributed by atoms with Crippen molar-refractivity contribution in [2.24, 2.45) is 0 Å². The predicted molar refractivity (Wildman–Crippen MR) is 65.6 cm³/mol. The molecule has 1 aromatic rings. The first kappa shape index (κ1) is 13.3. The number of ether oxygens (including phenoxy) is 1. The Morgan fingerprint density at radius 2 is 2.00 bits per heavy atom. The van der Waals surface area contributed by atoms with E-state index in [1.165, 1.54) is 12.1 Å². The molecule has 0 amide bonds. The molecule has 1 aromatic carbocycles. The van der Waals surface area contributed by atoms with Crippen molar-refractivity contribution in [1.82, 2.24) is 0 Å². The lowest BCUT2D eigenvalue weighted by atomic mass is 10.2. The Bertz CT molecular complexity index is 329. The summed E-state index contributed by atoms with van der Waals surface area (Å²) in [6.45, 7) is 7.17. The van der Waals surface area contributed by atoms with Crippen LogP contribution in [0.25, 0.3) is 0 Å². The minimum Gasteiger partial charge on any atom is -0.383 e. The van der Waals surface area contributed by atoms with Gasteiger partial charge in [-0.3, -0.25) is 0 Å². The Labute approximate surface area is 101 Å². The number of hydrogen-bond acceptors (Lipinski definition) is 2. The molecule has 0 aromatic heterocycles. The second-order valence-electron chi connectivity index (χ2n) is 4.55. The highest BCUT2D eigenvalue weighted by molar-refractivity contribution is 6.30. The summed E-state index contributed by atoms with van der Waals surface area (Å²) >= 11 is 5.72. The van der Waals surface area contributed by atoms with Crippen LogP contribution < -0.4 is 5.32 Å². The van der Waals surface area contributed by atoms with Crippen molar-refractivity contribution >= 4 is 17.3 Å². The summed E-state index contributed by atoms with van der Waals surface area (Å²) in [6.07, 6.45) is 0. The normalized spacial score (nSPS) is 11.6. The van der Waals surface area contributed by atoms with E-state index in [9.17, 15) is 4.39 Å². The molecule has 0 spiro atoms. The maximum absolute atomic E-state index is 13.0. The highest BCUT2D eigenvalue weighted by Crippen LogP contribution is 2.17. The molecule has 0 radical (unpaired) electrons. The fourth-order valence-electron chi connectivity index (χ4n) is 1.21. The van der Waals surface area contributed by atoms with Crippen molar-refractivity contribution in [2.45, 2.75) is 26.4 Å². The van der Waals surface area contributed by atoms with Crippen LogP contribution in [0.5, 0.6) is 0 Å². The molecule has 2 nitrogen and oxygen atoms in total. The molecule has 0 unspecified atom stereocenters. The summed E-state index contributed by atoms with van der Waals surface area (Å²) in [6, 6.07) is 4.36. The number of rotatable bonds is 4. The molecule has 0 heterocycles. The molecule has 0 atom stereocenters. The summed E-state index contributed by atoms with van der Waals surface area (Å²) < 4.78 is 18.5. The topological polar surface area (TPSA) is 21.3 Å². The van der Waals surface area contributed by atoms with Crippen LogP contribution in [0, 0.1) is 5.82 Å². The number of benzene rings is 1. The SMILES string of the molecule is CC(C)(C)OCCNc1cc(F)cc(Cl)c1. The van der Waals surface area contributed by atoms with E-state index in [4.69, 9.17) is 16.3 Å². The van der Waals surface area contributed by atoms with Gasteiger partial charge in [0.05, 0.1) is 12.2 Å². The number of anilines is 1. The van der Waals surface area contributed by atoms with Crippen LogP contribution in [-0.4, -0.2) is 18.8 Å². The Morgan fingerprint density at radius 3 is 2.56 bits per heavy atom. The van der Waals surface area contributed by atoms with E-state index < -0.39 is 0 Å². The fraction of sp³-hybridized carbons (Fsp3) is 0.500. The third-order valence-electron chi connectivity index (χ3n) is 1.83. The van der Waals surface area contributed by atoms with Gasteiger partial charge in [-0.25, -0.2) is 4.39 Å². The van der Waals surface area contributed by atoms with Crippen LogP contribution in [-0.2, 0) is 4.74 Å². The Morgan fingerprint density at radius 1 is 1.31 bits per heavy atom. The van der Waals surface area contributed by atoms with E-state index in [2.05, 4.69) is 5.32 Å². The molecule has 0 bridgehead atoms. The standard InChI is InChI=1S/C12H17ClFNO/c1-12(2,3)16-5-4-15-11-7-9(13)6-10(14)8-11/h6-8,15H,4-5H2,1-3H3. The Hall–Kier alpha value is -0.800. The Balaban J connectivity index is 2.37. The van der Waals surface area contributed by atoms with Crippen molar-refractivity contribution in [3.05, 3.63) is 29.0 Å². The van der Waals surface area contributed by atoms with Crippen LogP contribution in [0.15, 0.2) is 18.2 Å². The molecule has 0 aliphatic carbocycles. The quantitative estimate of drug-likeness (QED) is 0.817. The van der Waals surface area contributed by atoms with Crippen molar-refractivity contribution in [1.29, 1.82) is 0 Å². The third kappa shape index (κ3) is 5.33. The lowest BCUT2D eigenvalue weighted by molar-refractivity contribution is 0.00333. The van der Waals surface area contributed by atoms with Gasteiger partial charge in [0.25, 0.3) is 0 Å². The van der Waals surface area contributed by atoms with Crippen molar-refractivity contribution in [3.63, 3.8) is 0 Å². The van der Waals surface area contributed by atoms with Gasteiger partial charge in [0, 0.05) is 17.3 Å². The van der Waals surface area contributed by atoms with E-state index in [0.29, 0.717) is 23.9 Å². The molecule has 1 rings (SSSR count). The summed E-state index contributed by atoms with van der Waals surface area (Å²) in [5.74, 6) is -0.341. The zero-order valence-corrected chi connectivity index (χ0v) is 10.6. The minimum atomic E-state index is -0.341. The summed E-state index contributed by atoms with van der Waals surface area (Å²) in [5.41, 5.74) is 0.517. The van der Waals surface area contributed by atoms with Gasteiger partial charge in [-0.1, -0.05) is 11.6 Å². The van der Waals surface area contributed by atoms with Gasteiger partial charge in [-0.05, 0) is 39.0 Å². The highest BCUT2D eigenvalue weighted by atomic mass is 35.5. The lowest BCUT2D eigenvalue weighted by Gasteiger charge is -2.19. The first-order valence-corrected chi connectivity index (χ1v) is 5.58. The van der Waals surface area contributed by atoms with Gasteiger partial charge in [0.1, 0.15) is 5.82 Å². The zero-order valence-electron chi connectivity index (χ0n) is 9.81. The van der Waals surface area contributed by atoms with E-state index in [0.717, 1.165) is 0 Å². The van der Waals surface area contributed by atoms with Crippen molar-refractivity contribution in [3.8, 4) is 0 Å². The van der Waals surface area contributed by atoms with E-state index in [1.54, 1.807) is 6.07 Å². The molecule has 0 saturated heterocycles. The number of hydrogen-bond donors (Lipinski definition) is 1. The molecule has 4 heteroatoms. The molecule has 0 fully saturated rings. The Kier molecular flexibility index (Phi) is 4.56. The van der Waals surface area contributed by atoms with E-state index in [1.807, 2.05) is 20.8 Å². The van der Waals surface area contributed by atoms with Gasteiger partial charge in [0.2, 0.25) is 0 Å². The maximum Gasteiger partial charge on any atom is 0.126 e. The van der Waals surface area contributed by atoms with Crippen LogP contribution >= 0.6 is 11.6 Å². The minimum absolute atomic E-state index is 0.152. The second kappa shape index (κ2) is 5.51. The van der Waals surface area contributed by atoms with Gasteiger partial charge < -0.3 is 10.1 Å². The van der Waals surface area contributed by atoms with Gasteiger partial charge in [0.15, 0.2) is 0 Å². The zero-order chi connectivity index (χ0) is 12.2. The summed E-state index contributed by atoms with van der Waals surface area (Å²) in [7, 11) is 0. The molecule has 0 aliphatic rings. The molecule has 16 heavy (non-hydrogen) atoms. The van der Waals surface area contributed by atoms with Crippen LogP contribution in [0.2, 0.25) is 5.02 Å². The molecule has 90 valence electrons. The lowest BCUT2D eigenvalue weighted by Crippen LogP contribution is -2.23. The average molecular weight is 246 g/mol. The molecule has 0 aliphatic heterocycles. The fourth-order valence-corrected chi connectivity index (χ4v) is 1.43.